The SMILES string of the molecule is CN1CCN(c2ncc(CCc3ccc(C(=O)O)cc3)c(OCc3ccccc3)n2)CC1. The van der Waals surface area contributed by atoms with Gasteiger partial charge in [0, 0.05) is 37.9 Å². The Morgan fingerprint density at radius 2 is 1.69 bits per heavy atom. The van der Waals surface area contributed by atoms with Crippen LogP contribution in [-0.2, 0) is 19.4 Å². The highest BCUT2D eigenvalue weighted by atomic mass is 16.5. The molecule has 3 aromatic rings. The monoisotopic (exact) mass is 432 g/mol. The van der Waals surface area contributed by atoms with Crippen LogP contribution >= 0.6 is 0 Å². The van der Waals surface area contributed by atoms with Crippen LogP contribution in [0.25, 0.3) is 0 Å². The van der Waals surface area contributed by atoms with Gasteiger partial charge in [-0.05, 0) is 43.1 Å². The molecule has 1 aliphatic rings. The number of hydrogen-bond donors (Lipinski definition) is 1. The van der Waals surface area contributed by atoms with E-state index >= 15 is 0 Å². The molecule has 0 radical (unpaired) electrons. The maximum Gasteiger partial charge on any atom is 0.335 e. The van der Waals surface area contributed by atoms with E-state index in [1.54, 1.807) is 12.1 Å². The van der Waals surface area contributed by atoms with Gasteiger partial charge in [0.25, 0.3) is 0 Å². The summed E-state index contributed by atoms with van der Waals surface area (Å²) in [5, 5.41) is 9.08. The smallest absolute Gasteiger partial charge is 0.335 e. The van der Waals surface area contributed by atoms with E-state index in [0.717, 1.165) is 49.3 Å². The fraction of sp³-hybridized carbons (Fsp3) is 0.320. The summed E-state index contributed by atoms with van der Waals surface area (Å²) in [7, 11) is 2.12. The first-order valence-electron chi connectivity index (χ1n) is 10.9. The van der Waals surface area contributed by atoms with Crippen LogP contribution in [0.3, 0.4) is 0 Å². The maximum atomic E-state index is 11.1. The number of carboxylic acids is 1. The summed E-state index contributed by atoms with van der Waals surface area (Å²) in [6.45, 7) is 4.20. The molecular formula is C25H28N4O3. The number of carbonyl (C=O) groups is 1. The van der Waals surface area contributed by atoms with Crippen LogP contribution in [0.4, 0.5) is 5.95 Å². The second-order valence-corrected chi connectivity index (χ2v) is 8.07. The molecule has 7 nitrogen and oxygen atoms in total. The molecule has 1 N–H and O–H groups in total. The van der Waals surface area contributed by atoms with Gasteiger partial charge in [-0.3, -0.25) is 0 Å². The van der Waals surface area contributed by atoms with Gasteiger partial charge in [0.1, 0.15) is 6.61 Å². The number of aromatic nitrogens is 2. The minimum absolute atomic E-state index is 0.292. The average molecular weight is 433 g/mol. The molecule has 1 aromatic heterocycles. The third-order valence-electron chi connectivity index (χ3n) is 5.70. The van der Waals surface area contributed by atoms with Gasteiger partial charge in [-0.1, -0.05) is 42.5 Å². The third kappa shape index (κ3) is 5.62. The number of anilines is 1. The number of piperazine rings is 1. The Hall–Kier alpha value is -3.45. The number of hydrogen-bond acceptors (Lipinski definition) is 6. The summed E-state index contributed by atoms with van der Waals surface area (Å²) < 4.78 is 6.15. The molecular weight excluding hydrogens is 404 g/mol. The summed E-state index contributed by atoms with van der Waals surface area (Å²) in [6.07, 6.45) is 3.32. The van der Waals surface area contributed by atoms with Gasteiger partial charge in [-0.2, -0.15) is 4.98 Å². The Morgan fingerprint density at radius 3 is 2.38 bits per heavy atom. The summed E-state index contributed by atoms with van der Waals surface area (Å²) in [5.41, 5.74) is 3.39. The van der Waals surface area contributed by atoms with Crippen molar-refractivity contribution in [3.63, 3.8) is 0 Å². The van der Waals surface area contributed by atoms with E-state index in [4.69, 9.17) is 14.8 Å². The summed E-state index contributed by atoms with van der Waals surface area (Å²) in [6, 6.07) is 17.0. The van der Waals surface area contributed by atoms with Crippen LogP contribution in [0, 0.1) is 0 Å². The van der Waals surface area contributed by atoms with Crippen molar-refractivity contribution >= 4 is 11.9 Å². The largest absolute Gasteiger partial charge is 0.478 e. The molecule has 32 heavy (non-hydrogen) atoms. The molecule has 0 amide bonds. The number of likely N-dealkylation sites (N-methyl/N-ethyl adjacent to an activating group) is 1. The zero-order valence-corrected chi connectivity index (χ0v) is 18.3. The highest BCUT2D eigenvalue weighted by Gasteiger charge is 2.19. The van der Waals surface area contributed by atoms with Crippen molar-refractivity contribution in [2.24, 2.45) is 0 Å². The van der Waals surface area contributed by atoms with Crippen molar-refractivity contribution in [2.75, 3.05) is 38.1 Å². The maximum absolute atomic E-state index is 11.1. The Kier molecular flexibility index (Phi) is 6.97. The zero-order chi connectivity index (χ0) is 22.3. The molecule has 166 valence electrons. The van der Waals surface area contributed by atoms with E-state index < -0.39 is 5.97 Å². The number of nitrogens with zero attached hydrogens (tertiary/aromatic N) is 4. The minimum atomic E-state index is -0.916. The van der Waals surface area contributed by atoms with Crippen LogP contribution in [0.15, 0.2) is 60.8 Å². The van der Waals surface area contributed by atoms with Crippen molar-refractivity contribution < 1.29 is 14.6 Å². The lowest BCUT2D eigenvalue weighted by molar-refractivity contribution is 0.0697. The van der Waals surface area contributed by atoms with Gasteiger partial charge in [0.15, 0.2) is 0 Å². The number of benzene rings is 2. The van der Waals surface area contributed by atoms with Gasteiger partial charge >= 0.3 is 5.97 Å². The van der Waals surface area contributed by atoms with Crippen LogP contribution < -0.4 is 9.64 Å². The van der Waals surface area contributed by atoms with E-state index in [1.165, 1.54) is 0 Å². The topological polar surface area (TPSA) is 78.8 Å². The van der Waals surface area contributed by atoms with Crippen LogP contribution in [0.1, 0.15) is 27.0 Å². The lowest BCUT2D eigenvalue weighted by atomic mass is 10.0. The normalized spacial score (nSPS) is 14.3. The third-order valence-corrected chi connectivity index (χ3v) is 5.70. The first kappa shape index (κ1) is 21.8. The fourth-order valence-electron chi connectivity index (χ4n) is 3.66. The molecule has 1 aliphatic heterocycles. The van der Waals surface area contributed by atoms with Gasteiger partial charge in [-0.15, -0.1) is 0 Å². The minimum Gasteiger partial charge on any atom is -0.478 e. The van der Waals surface area contributed by atoms with E-state index in [1.807, 2.05) is 48.7 Å². The number of aryl methyl sites for hydroxylation is 2. The Labute approximate surface area is 188 Å². The van der Waals surface area contributed by atoms with E-state index in [0.29, 0.717) is 30.4 Å². The molecule has 0 atom stereocenters. The molecule has 2 heterocycles. The second-order valence-electron chi connectivity index (χ2n) is 8.07. The number of carboxylic acid groups (broad SMARTS) is 1. The molecule has 1 fully saturated rings. The predicted octanol–water partition coefficient (Wildman–Crippen LogP) is 3.29. The molecule has 7 heteroatoms. The van der Waals surface area contributed by atoms with Gasteiger partial charge < -0.3 is 19.6 Å². The Balaban J connectivity index is 1.50. The number of rotatable bonds is 8. The second kappa shape index (κ2) is 10.2. The Morgan fingerprint density at radius 1 is 0.969 bits per heavy atom. The molecule has 0 unspecified atom stereocenters. The lowest BCUT2D eigenvalue weighted by Crippen LogP contribution is -2.45. The van der Waals surface area contributed by atoms with Crippen molar-refractivity contribution in [3.05, 3.63) is 83.0 Å². The van der Waals surface area contributed by atoms with Gasteiger partial charge in [-0.25, -0.2) is 9.78 Å². The highest BCUT2D eigenvalue weighted by molar-refractivity contribution is 5.87. The molecule has 0 aliphatic carbocycles. The van der Waals surface area contributed by atoms with Crippen molar-refractivity contribution in [1.82, 2.24) is 14.9 Å². The summed E-state index contributed by atoms with van der Waals surface area (Å²) >= 11 is 0. The Bertz CT molecular complexity index is 1030. The molecule has 0 bridgehead atoms. The average Bonchev–Trinajstić information content (AvgIpc) is 2.83. The standard InChI is InChI=1S/C25H28N4O3/c1-28-13-15-29(16-14-28)25-26-17-22(12-9-19-7-10-21(11-8-19)24(30)31)23(27-25)32-18-20-5-3-2-4-6-20/h2-8,10-11,17H,9,12-16,18H2,1H3,(H,30,31). The molecule has 4 rings (SSSR count). The first-order valence-corrected chi connectivity index (χ1v) is 10.9. The van der Waals surface area contributed by atoms with Crippen LogP contribution in [0.5, 0.6) is 5.88 Å². The van der Waals surface area contributed by atoms with Gasteiger partial charge in [0.05, 0.1) is 5.56 Å². The predicted molar refractivity (Wildman–Crippen MR) is 123 cm³/mol. The highest BCUT2D eigenvalue weighted by Crippen LogP contribution is 2.23. The van der Waals surface area contributed by atoms with E-state index in [9.17, 15) is 4.79 Å². The van der Waals surface area contributed by atoms with Gasteiger partial charge in [0.2, 0.25) is 11.8 Å². The lowest BCUT2D eigenvalue weighted by Gasteiger charge is -2.32. The summed E-state index contributed by atoms with van der Waals surface area (Å²) in [4.78, 5) is 25.0. The van der Waals surface area contributed by atoms with Crippen molar-refractivity contribution in [3.8, 4) is 5.88 Å². The van der Waals surface area contributed by atoms with Crippen LogP contribution in [-0.4, -0.2) is 59.2 Å². The number of ether oxygens (including phenoxy) is 1. The van der Waals surface area contributed by atoms with Crippen molar-refractivity contribution in [1.29, 1.82) is 0 Å². The first-order chi connectivity index (χ1) is 15.6. The quantitative estimate of drug-likeness (QED) is 0.585. The summed E-state index contributed by atoms with van der Waals surface area (Å²) in [5.74, 6) is 0.400. The number of aromatic carboxylic acids is 1. The fourth-order valence-corrected chi connectivity index (χ4v) is 3.66. The van der Waals surface area contributed by atoms with E-state index in [2.05, 4.69) is 21.8 Å². The molecule has 2 aromatic carbocycles. The molecule has 0 spiro atoms. The molecule has 1 saturated heterocycles. The van der Waals surface area contributed by atoms with Crippen LogP contribution in [0.2, 0.25) is 0 Å². The molecule has 0 saturated carbocycles. The zero-order valence-electron chi connectivity index (χ0n) is 18.3. The van der Waals surface area contributed by atoms with Crippen molar-refractivity contribution in [2.45, 2.75) is 19.4 Å². The van der Waals surface area contributed by atoms with E-state index in [-0.39, 0.29) is 0 Å².